The van der Waals surface area contributed by atoms with Gasteiger partial charge in [-0.3, -0.25) is 25.0 Å². The summed E-state index contributed by atoms with van der Waals surface area (Å²) in [5.74, 6) is -2.08. The number of hydrogen-bond acceptors (Lipinski definition) is 8. The lowest BCUT2D eigenvalue weighted by Gasteiger charge is -2.26. The highest BCUT2D eigenvalue weighted by Gasteiger charge is 2.36. The van der Waals surface area contributed by atoms with Crippen LogP contribution in [0.25, 0.3) is 12.2 Å². The summed E-state index contributed by atoms with van der Waals surface area (Å²) in [6.45, 7) is 1.96. The highest BCUT2D eigenvalue weighted by Crippen LogP contribution is 2.31. The number of rotatable bonds is 8. The maximum absolute atomic E-state index is 13.1. The molecule has 1 fully saturated rings. The van der Waals surface area contributed by atoms with Gasteiger partial charge in [-0.15, -0.1) is 0 Å². The lowest BCUT2D eigenvalue weighted by molar-refractivity contribution is -0.384. The fraction of sp³-hybridized carbons (Fsp3) is 0.0714. The number of nitro groups is 1. The number of imide groups is 2. The summed E-state index contributed by atoms with van der Waals surface area (Å²) in [6, 6.07) is 15.9. The summed E-state index contributed by atoms with van der Waals surface area (Å²) < 4.78 is 11.9. The van der Waals surface area contributed by atoms with Crippen molar-refractivity contribution in [2.24, 2.45) is 0 Å². The summed E-state index contributed by atoms with van der Waals surface area (Å²) in [6.07, 6.45) is 3.92. The highest BCUT2D eigenvalue weighted by molar-refractivity contribution is 14.1. The third-order valence-corrected chi connectivity index (χ3v) is 6.21. The molecule has 1 aliphatic heterocycles. The Labute approximate surface area is 241 Å². The molecule has 0 atom stereocenters. The Morgan fingerprint density at radius 3 is 2.33 bits per heavy atom. The van der Waals surface area contributed by atoms with Crippen LogP contribution >= 0.6 is 22.6 Å². The Bertz CT molecular complexity index is 1560. The van der Waals surface area contributed by atoms with E-state index in [-0.39, 0.29) is 29.4 Å². The lowest BCUT2D eigenvalue weighted by Crippen LogP contribution is -2.54. The van der Waals surface area contributed by atoms with Gasteiger partial charge in [-0.1, -0.05) is 6.07 Å². The zero-order chi connectivity index (χ0) is 28.8. The molecule has 0 radical (unpaired) electrons. The first-order valence-corrected chi connectivity index (χ1v) is 12.8. The van der Waals surface area contributed by atoms with Gasteiger partial charge in [-0.05, 0) is 101 Å². The van der Waals surface area contributed by atoms with Crippen molar-refractivity contribution in [3.63, 3.8) is 0 Å². The summed E-state index contributed by atoms with van der Waals surface area (Å²) in [5.41, 5.74) is 0.914. The molecule has 1 heterocycles. The van der Waals surface area contributed by atoms with Crippen molar-refractivity contribution in [1.29, 1.82) is 0 Å². The molecule has 0 aliphatic carbocycles. The summed E-state index contributed by atoms with van der Waals surface area (Å²) >= 11 is 2.09. The van der Waals surface area contributed by atoms with E-state index in [1.54, 1.807) is 31.2 Å². The third-order valence-electron chi connectivity index (χ3n) is 5.49. The SMILES string of the molecule is CCOc1cc(/C=C2\C(=O)NC(=O)N(c3ccc(I)cc3)C2=O)ccc1OC(=O)/C=C/c1ccc([N+](=O)[O-])cc1. The van der Waals surface area contributed by atoms with Crippen LogP contribution in [0.1, 0.15) is 18.1 Å². The van der Waals surface area contributed by atoms with Gasteiger partial charge in [0.25, 0.3) is 17.5 Å². The third kappa shape index (κ3) is 6.58. The smallest absolute Gasteiger partial charge is 0.336 e. The Kier molecular flexibility index (Phi) is 8.69. The van der Waals surface area contributed by atoms with Gasteiger partial charge in [0.05, 0.1) is 17.2 Å². The number of urea groups is 1. The van der Waals surface area contributed by atoms with E-state index in [1.165, 1.54) is 54.6 Å². The average Bonchev–Trinajstić information content (AvgIpc) is 2.92. The number of carbonyl (C=O) groups excluding carboxylic acids is 4. The number of carbonyl (C=O) groups is 4. The first-order chi connectivity index (χ1) is 19.2. The maximum atomic E-state index is 13.1. The molecular formula is C28H20IN3O8. The highest BCUT2D eigenvalue weighted by atomic mass is 127. The molecule has 0 unspecified atom stereocenters. The maximum Gasteiger partial charge on any atom is 0.336 e. The summed E-state index contributed by atoms with van der Waals surface area (Å²) in [7, 11) is 0. The van der Waals surface area contributed by atoms with E-state index in [0.29, 0.717) is 16.8 Å². The van der Waals surface area contributed by atoms with Crippen LogP contribution in [0.4, 0.5) is 16.2 Å². The molecule has 40 heavy (non-hydrogen) atoms. The molecule has 3 aromatic rings. The molecule has 1 aliphatic rings. The molecular weight excluding hydrogens is 633 g/mol. The normalized spacial score (nSPS) is 14.4. The number of anilines is 1. The molecule has 4 rings (SSSR count). The average molecular weight is 653 g/mol. The predicted molar refractivity (Wildman–Crippen MR) is 154 cm³/mol. The van der Waals surface area contributed by atoms with Gasteiger partial charge in [0, 0.05) is 21.8 Å². The zero-order valence-corrected chi connectivity index (χ0v) is 23.0. The van der Waals surface area contributed by atoms with Crippen LogP contribution in [-0.2, 0) is 14.4 Å². The number of ether oxygens (including phenoxy) is 2. The Morgan fingerprint density at radius 1 is 1.00 bits per heavy atom. The van der Waals surface area contributed by atoms with Crippen molar-refractivity contribution >= 4 is 69.9 Å². The topological polar surface area (TPSA) is 145 Å². The Balaban J connectivity index is 1.55. The van der Waals surface area contributed by atoms with E-state index in [2.05, 4.69) is 27.9 Å². The van der Waals surface area contributed by atoms with Gasteiger partial charge < -0.3 is 9.47 Å². The number of amides is 4. The Morgan fingerprint density at radius 2 is 1.68 bits per heavy atom. The monoisotopic (exact) mass is 653 g/mol. The van der Waals surface area contributed by atoms with Gasteiger partial charge in [0.1, 0.15) is 5.57 Å². The van der Waals surface area contributed by atoms with Crippen molar-refractivity contribution in [3.05, 3.63) is 103 Å². The molecule has 0 bridgehead atoms. The van der Waals surface area contributed by atoms with Crippen LogP contribution in [0.2, 0.25) is 0 Å². The van der Waals surface area contributed by atoms with Gasteiger partial charge in [0.15, 0.2) is 11.5 Å². The number of hydrogen-bond donors (Lipinski definition) is 1. The van der Waals surface area contributed by atoms with E-state index in [1.807, 2.05) is 0 Å². The molecule has 1 saturated heterocycles. The summed E-state index contributed by atoms with van der Waals surface area (Å²) in [4.78, 5) is 61.6. The van der Waals surface area contributed by atoms with E-state index in [9.17, 15) is 29.3 Å². The number of nitrogens with zero attached hydrogens (tertiary/aromatic N) is 2. The van der Waals surface area contributed by atoms with E-state index in [4.69, 9.17) is 9.47 Å². The van der Waals surface area contributed by atoms with Crippen LogP contribution in [-0.4, -0.2) is 35.3 Å². The van der Waals surface area contributed by atoms with Gasteiger partial charge in [-0.2, -0.15) is 0 Å². The standard InChI is InChI=1S/C28H20IN3O8/c1-2-39-24-16-18(5-13-23(24)40-25(33)14-6-17-3-9-21(10-4-17)32(37)38)15-22-26(34)30-28(36)31(27(22)35)20-11-7-19(29)8-12-20/h3-16H,2H2,1H3,(H,30,34,36)/b14-6+,22-15+. The van der Waals surface area contributed by atoms with Crippen molar-refractivity contribution < 1.29 is 33.6 Å². The molecule has 202 valence electrons. The second-order valence-electron chi connectivity index (χ2n) is 8.18. The fourth-order valence-corrected chi connectivity index (χ4v) is 3.99. The first-order valence-electron chi connectivity index (χ1n) is 11.7. The number of nitro benzene ring substituents is 1. The minimum atomic E-state index is -0.854. The van der Waals surface area contributed by atoms with Crippen LogP contribution in [0, 0.1) is 13.7 Å². The van der Waals surface area contributed by atoms with Crippen LogP contribution in [0.15, 0.2) is 78.4 Å². The minimum Gasteiger partial charge on any atom is -0.490 e. The van der Waals surface area contributed by atoms with Crippen molar-refractivity contribution in [3.8, 4) is 11.5 Å². The fourth-order valence-electron chi connectivity index (χ4n) is 3.63. The molecule has 4 amide bonds. The van der Waals surface area contributed by atoms with E-state index < -0.39 is 28.7 Å². The van der Waals surface area contributed by atoms with Crippen LogP contribution < -0.4 is 19.7 Å². The van der Waals surface area contributed by atoms with Crippen LogP contribution in [0.3, 0.4) is 0 Å². The number of esters is 1. The largest absolute Gasteiger partial charge is 0.490 e. The number of halogens is 1. The minimum absolute atomic E-state index is 0.0716. The number of barbiturate groups is 1. The predicted octanol–water partition coefficient (Wildman–Crippen LogP) is 4.88. The molecule has 12 heteroatoms. The second kappa shape index (κ2) is 12.3. The van der Waals surface area contributed by atoms with Gasteiger partial charge >= 0.3 is 12.0 Å². The molecule has 1 N–H and O–H groups in total. The van der Waals surface area contributed by atoms with Crippen molar-refractivity contribution in [2.75, 3.05) is 11.5 Å². The quantitative estimate of drug-likeness (QED) is 0.0689. The zero-order valence-electron chi connectivity index (χ0n) is 20.8. The van der Waals surface area contributed by atoms with Crippen molar-refractivity contribution in [1.82, 2.24) is 5.32 Å². The molecule has 0 aromatic heterocycles. The van der Waals surface area contributed by atoms with Gasteiger partial charge in [0.2, 0.25) is 0 Å². The number of non-ortho nitro benzene ring substituents is 1. The molecule has 3 aromatic carbocycles. The molecule has 0 spiro atoms. The van der Waals surface area contributed by atoms with Crippen molar-refractivity contribution in [2.45, 2.75) is 6.92 Å². The van der Waals surface area contributed by atoms with Gasteiger partial charge in [-0.25, -0.2) is 14.5 Å². The first kappa shape index (κ1) is 28.2. The molecule has 11 nitrogen and oxygen atoms in total. The van der Waals surface area contributed by atoms with E-state index >= 15 is 0 Å². The number of benzene rings is 3. The van der Waals surface area contributed by atoms with Crippen LogP contribution in [0.5, 0.6) is 11.5 Å². The second-order valence-corrected chi connectivity index (χ2v) is 9.42. The summed E-state index contributed by atoms with van der Waals surface area (Å²) in [5, 5.41) is 12.9. The van der Waals surface area contributed by atoms with E-state index in [0.717, 1.165) is 14.5 Å². The Hall–Kier alpha value is -4.85. The lowest BCUT2D eigenvalue weighted by atomic mass is 10.1. The number of nitrogens with one attached hydrogen (secondary N) is 1. The molecule has 0 saturated carbocycles.